The van der Waals surface area contributed by atoms with Gasteiger partial charge >= 0.3 is 0 Å². The first-order chi connectivity index (χ1) is 9.69. The number of hydrogen-bond donors (Lipinski definition) is 1. The summed E-state index contributed by atoms with van der Waals surface area (Å²) in [4.78, 5) is 4.92. The van der Waals surface area contributed by atoms with E-state index in [1.54, 1.807) is 0 Å². The van der Waals surface area contributed by atoms with Crippen molar-refractivity contribution in [2.45, 2.75) is 45.7 Å². The zero-order valence-corrected chi connectivity index (χ0v) is 13.8. The van der Waals surface area contributed by atoms with Crippen LogP contribution in [-0.2, 0) is 6.54 Å². The minimum atomic E-state index is 0.400. The summed E-state index contributed by atoms with van der Waals surface area (Å²) in [6.07, 6.45) is 3.60. The number of aromatic nitrogens is 2. The van der Waals surface area contributed by atoms with Crippen molar-refractivity contribution >= 4 is 27.0 Å². The maximum atomic E-state index is 4.92. The topological polar surface area (TPSA) is 29.9 Å². The first kappa shape index (κ1) is 14.1. The van der Waals surface area contributed by atoms with Gasteiger partial charge < -0.3 is 9.88 Å². The van der Waals surface area contributed by atoms with Crippen molar-refractivity contribution in [1.29, 1.82) is 0 Å². The summed E-state index contributed by atoms with van der Waals surface area (Å²) >= 11 is 3.55. The van der Waals surface area contributed by atoms with Crippen LogP contribution in [0.2, 0.25) is 0 Å². The lowest BCUT2D eigenvalue weighted by molar-refractivity contribution is 0.310. The number of nitrogens with one attached hydrogen (secondary N) is 1. The average molecular weight is 336 g/mol. The van der Waals surface area contributed by atoms with Gasteiger partial charge in [0, 0.05) is 11.0 Å². The zero-order valence-electron chi connectivity index (χ0n) is 12.2. The van der Waals surface area contributed by atoms with E-state index in [0.717, 1.165) is 35.4 Å². The second kappa shape index (κ2) is 5.86. The van der Waals surface area contributed by atoms with Gasteiger partial charge in [-0.25, -0.2) is 4.98 Å². The molecule has 3 rings (SSSR count). The molecule has 0 bridgehead atoms. The summed E-state index contributed by atoms with van der Waals surface area (Å²) < 4.78 is 3.50. The van der Waals surface area contributed by atoms with E-state index in [0.29, 0.717) is 6.04 Å². The Morgan fingerprint density at radius 1 is 1.45 bits per heavy atom. The Labute approximate surface area is 128 Å². The number of fused-ring (bicyclic) bond motifs is 1. The van der Waals surface area contributed by atoms with Crippen LogP contribution in [-0.4, -0.2) is 16.1 Å². The molecule has 1 saturated heterocycles. The van der Waals surface area contributed by atoms with Crippen molar-refractivity contribution in [2.24, 2.45) is 5.92 Å². The average Bonchev–Trinajstić information content (AvgIpc) is 2.77. The highest BCUT2D eigenvalue weighted by molar-refractivity contribution is 9.10. The van der Waals surface area contributed by atoms with Crippen molar-refractivity contribution in [3.05, 3.63) is 28.5 Å². The van der Waals surface area contributed by atoms with E-state index >= 15 is 0 Å². The van der Waals surface area contributed by atoms with E-state index in [9.17, 15) is 0 Å². The number of halogens is 1. The van der Waals surface area contributed by atoms with Gasteiger partial charge in [-0.1, -0.05) is 29.8 Å². The molecule has 2 unspecified atom stereocenters. The van der Waals surface area contributed by atoms with Gasteiger partial charge in [0.25, 0.3) is 0 Å². The Hall–Kier alpha value is -0.870. The molecule has 1 aromatic carbocycles. The van der Waals surface area contributed by atoms with Crippen LogP contribution in [0.5, 0.6) is 0 Å². The Bertz CT molecular complexity index is 605. The Morgan fingerprint density at radius 2 is 2.30 bits per heavy atom. The molecule has 2 aromatic rings. The van der Waals surface area contributed by atoms with Crippen molar-refractivity contribution in [1.82, 2.24) is 14.9 Å². The summed E-state index contributed by atoms with van der Waals surface area (Å²) in [6.45, 7) is 6.72. The number of piperidine rings is 1. The molecule has 0 amide bonds. The third kappa shape index (κ3) is 2.63. The number of imidazole rings is 1. The minimum absolute atomic E-state index is 0.400. The summed E-state index contributed by atoms with van der Waals surface area (Å²) in [7, 11) is 0. The summed E-state index contributed by atoms with van der Waals surface area (Å²) in [5, 5.41) is 3.65. The molecule has 20 heavy (non-hydrogen) atoms. The van der Waals surface area contributed by atoms with Crippen LogP contribution >= 0.6 is 15.9 Å². The Balaban J connectivity index is 2.06. The van der Waals surface area contributed by atoms with Crippen molar-refractivity contribution in [2.75, 3.05) is 6.54 Å². The third-order valence-corrected chi connectivity index (χ3v) is 4.66. The first-order valence-corrected chi connectivity index (χ1v) is 8.37. The second-order valence-electron chi connectivity index (χ2n) is 5.89. The Morgan fingerprint density at radius 3 is 3.05 bits per heavy atom. The quantitative estimate of drug-likeness (QED) is 0.907. The zero-order chi connectivity index (χ0) is 14.1. The van der Waals surface area contributed by atoms with E-state index in [4.69, 9.17) is 4.98 Å². The van der Waals surface area contributed by atoms with Crippen molar-refractivity contribution in [3.8, 4) is 0 Å². The molecule has 0 spiro atoms. The molecule has 2 heterocycles. The van der Waals surface area contributed by atoms with Gasteiger partial charge in [-0.2, -0.15) is 0 Å². The molecule has 0 aliphatic carbocycles. The van der Waals surface area contributed by atoms with Crippen LogP contribution in [0.4, 0.5) is 0 Å². The minimum Gasteiger partial charge on any atom is -0.327 e. The third-order valence-electron chi connectivity index (χ3n) is 4.16. The van der Waals surface area contributed by atoms with Crippen LogP contribution in [0.15, 0.2) is 22.7 Å². The number of rotatable bonds is 3. The molecule has 4 heteroatoms. The lowest BCUT2D eigenvalue weighted by atomic mass is 9.94. The fraction of sp³-hybridized carbons (Fsp3) is 0.562. The highest BCUT2D eigenvalue weighted by atomic mass is 79.9. The van der Waals surface area contributed by atoms with Crippen LogP contribution < -0.4 is 5.32 Å². The molecule has 3 nitrogen and oxygen atoms in total. The van der Waals surface area contributed by atoms with Gasteiger partial charge in [0.2, 0.25) is 0 Å². The second-order valence-corrected chi connectivity index (χ2v) is 6.81. The number of aryl methyl sites for hydroxylation is 1. The molecule has 1 aliphatic heterocycles. The molecular weight excluding hydrogens is 314 g/mol. The fourth-order valence-electron chi connectivity index (χ4n) is 3.15. The van der Waals surface area contributed by atoms with E-state index in [1.165, 1.54) is 24.2 Å². The molecule has 1 aliphatic rings. The summed E-state index contributed by atoms with van der Waals surface area (Å²) in [6, 6.07) is 6.81. The lowest BCUT2D eigenvalue weighted by Crippen LogP contribution is -2.32. The molecule has 1 aromatic heterocycles. The van der Waals surface area contributed by atoms with Crippen LogP contribution in [0.25, 0.3) is 11.0 Å². The predicted octanol–water partition coefficient (Wildman–Crippen LogP) is 4.27. The highest BCUT2D eigenvalue weighted by Crippen LogP contribution is 2.30. The maximum Gasteiger partial charge on any atom is 0.127 e. The van der Waals surface area contributed by atoms with Gasteiger partial charge in [-0.15, -0.1) is 0 Å². The largest absolute Gasteiger partial charge is 0.327 e. The van der Waals surface area contributed by atoms with Crippen LogP contribution in [0, 0.1) is 5.92 Å². The van der Waals surface area contributed by atoms with E-state index < -0.39 is 0 Å². The molecule has 1 fully saturated rings. The Kier molecular flexibility index (Phi) is 4.13. The molecule has 108 valence electrons. The normalized spacial score (nSPS) is 23.4. The van der Waals surface area contributed by atoms with E-state index in [-0.39, 0.29) is 0 Å². The van der Waals surface area contributed by atoms with Crippen LogP contribution in [0.3, 0.4) is 0 Å². The highest BCUT2D eigenvalue weighted by Gasteiger charge is 2.24. The van der Waals surface area contributed by atoms with Gasteiger partial charge in [0.15, 0.2) is 0 Å². The fourth-order valence-corrected chi connectivity index (χ4v) is 3.50. The molecular formula is C16H22BrN3. The van der Waals surface area contributed by atoms with Gasteiger partial charge in [0.1, 0.15) is 5.82 Å². The standard InChI is InChI=1S/C16H22BrN3/c1-3-8-20-15-5-4-12(17)10-13(15)19-16(20)14-9-11(2)6-7-18-14/h4-5,10-11,14,18H,3,6-9H2,1-2H3. The molecule has 1 N–H and O–H groups in total. The number of hydrogen-bond acceptors (Lipinski definition) is 2. The summed E-state index contributed by atoms with van der Waals surface area (Å²) in [5.74, 6) is 1.99. The van der Waals surface area contributed by atoms with E-state index in [1.807, 2.05) is 0 Å². The van der Waals surface area contributed by atoms with E-state index in [2.05, 4.69) is 57.9 Å². The molecule has 0 radical (unpaired) electrons. The van der Waals surface area contributed by atoms with Gasteiger partial charge in [-0.3, -0.25) is 0 Å². The predicted molar refractivity (Wildman–Crippen MR) is 86.9 cm³/mol. The SMILES string of the molecule is CCCn1c(C2CC(C)CCN2)nc2cc(Br)ccc21. The van der Waals surface area contributed by atoms with Gasteiger partial charge in [-0.05, 0) is 49.9 Å². The summed E-state index contributed by atoms with van der Waals surface area (Å²) in [5.41, 5.74) is 2.35. The monoisotopic (exact) mass is 335 g/mol. The van der Waals surface area contributed by atoms with Crippen LogP contribution in [0.1, 0.15) is 45.0 Å². The molecule has 0 saturated carbocycles. The number of benzene rings is 1. The lowest BCUT2D eigenvalue weighted by Gasteiger charge is -2.28. The smallest absolute Gasteiger partial charge is 0.127 e. The maximum absolute atomic E-state index is 4.92. The van der Waals surface area contributed by atoms with Crippen molar-refractivity contribution < 1.29 is 0 Å². The van der Waals surface area contributed by atoms with Gasteiger partial charge in [0.05, 0.1) is 17.1 Å². The molecule has 2 atom stereocenters. The number of nitrogens with zero attached hydrogens (tertiary/aromatic N) is 2. The van der Waals surface area contributed by atoms with Crippen molar-refractivity contribution in [3.63, 3.8) is 0 Å². The first-order valence-electron chi connectivity index (χ1n) is 7.58.